The van der Waals surface area contributed by atoms with Crippen molar-refractivity contribution in [3.8, 4) is 17.1 Å². The van der Waals surface area contributed by atoms with Crippen molar-refractivity contribution in [3.63, 3.8) is 0 Å². The monoisotopic (exact) mass is 636 g/mol. The SMILES string of the molecule is Cn1cc(-c2cccc3ccccc23)c2nc(OCCCN3C4CCCC3CC4)nc(N3CC4CCC(C3)N4C(=O)OC(C)(C)C)c21. The third-order valence-corrected chi connectivity index (χ3v) is 10.9. The lowest BCUT2D eigenvalue weighted by Crippen LogP contribution is -2.57. The summed E-state index contributed by atoms with van der Waals surface area (Å²) in [6.45, 7) is 8.87. The first-order chi connectivity index (χ1) is 22.7. The minimum absolute atomic E-state index is 0.0794. The summed E-state index contributed by atoms with van der Waals surface area (Å²) in [5, 5.41) is 2.40. The molecule has 4 aliphatic rings. The Morgan fingerprint density at radius 1 is 0.872 bits per heavy atom. The predicted molar refractivity (Wildman–Crippen MR) is 186 cm³/mol. The zero-order valence-electron chi connectivity index (χ0n) is 28.3. The second-order valence-electron chi connectivity index (χ2n) is 15.1. The first-order valence-corrected chi connectivity index (χ1v) is 17.7. The van der Waals surface area contributed by atoms with E-state index >= 15 is 0 Å². The maximum Gasteiger partial charge on any atom is 0.410 e. The Kier molecular flexibility index (Phi) is 7.78. The number of hydrogen-bond donors (Lipinski definition) is 0. The van der Waals surface area contributed by atoms with E-state index in [4.69, 9.17) is 19.4 Å². The number of benzene rings is 2. The third-order valence-electron chi connectivity index (χ3n) is 10.9. The molecule has 2 aromatic carbocycles. The van der Waals surface area contributed by atoms with E-state index in [2.05, 4.69) is 70.1 Å². The lowest BCUT2D eigenvalue weighted by Gasteiger charge is -2.42. The fourth-order valence-electron chi connectivity index (χ4n) is 8.89. The first-order valence-electron chi connectivity index (χ1n) is 17.7. The molecule has 4 saturated heterocycles. The number of aromatic nitrogens is 3. The van der Waals surface area contributed by atoms with Crippen LogP contribution in [0.1, 0.15) is 72.1 Å². The molecular weight excluding hydrogens is 588 g/mol. The van der Waals surface area contributed by atoms with E-state index in [1.54, 1.807) is 0 Å². The average molecular weight is 637 g/mol. The van der Waals surface area contributed by atoms with Crippen LogP contribution in [0.2, 0.25) is 0 Å². The molecule has 9 nitrogen and oxygen atoms in total. The van der Waals surface area contributed by atoms with E-state index in [1.807, 2.05) is 25.7 Å². The minimum atomic E-state index is -0.521. The quantitative estimate of drug-likeness (QED) is 0.199. The van der Waals surface area contributed by atoms with Crippen LogP contribution in [0.4, 0.5) is 10.6 Å². The first kappa shape index (κ1) is 30.5. The molecule has 4 aliphatic heterocycles. The molecule has 4 bridgehead atoms. The molecule has 4 unspecified atom stereocenters. The summed E-state index contributed by atoms with van der Waals surface area (Å²) in [6, 6.07) is 17.1. The normalized spacial score (nSPS) is 24.4. The number of amides is 1. The van der Waals surface area contributed by atoms with Crippen LogP contribution >= 0.6 is 0 Å². The molecule has 0 N–H and O–H groups in total. The standard InChI is InChI=1S/C38H48N6O3/c1-38(2,3)47-37(45)44-28-18-19-29(44)23-42(22-28)35-34-33(32(24-41(34)4)31-15-7-11-25-10-5-6-14-30(25)31)39-36(40-35)46-21-9-20-43-26-12-8-13-27(43)17-16-26/h5-7,10-11,14-15,24,26-29H,8-9,12-13,16-23H2,1-4H3. The largest absolute Gasteiger partial charge is 0.463 e. The van der Waals surface area contributed by atoms with Crippen LogP contribution in [0.5, 0.6) is 6.01 Å². The number of piperazine rings is 1. The zero-order valence-corrected chi connectivity index (χ0v) is 28.3. The van der Waals surface area contributed by atoms with E-state index in [9.17, 15) is 4.79 Å². The summed E-state index contributed by atoms with van der Waals surface area (Å²) in [7, 11) is 2.09. The van der Waals surface area contributed by atoms with Gasteiger partial charge in [0, 0.05) is 50.5 Å². The van der Waals surface area contributed by atoms with Gasteiger partial charge in [-0.1, -0.05) is 48.9 Å². The lowest BCUT2D eigenvalue weighted by molar-refractivity contribution is 0.0122. The molecule has 0 saturated carbocycles. The Bertz CT molecular complexity index is 1760. The van der Waals surface area contributed by atoms with E-state index in [0.29, 0.717) is 25.7 Å². The number of fused-ring (bicyclic) bond motifs is 6. The summed E-state index contributed by atoms with van der Waals surface area (Å²) >= 11 is 0. The number of hydrogen-bond acceptors (Lipinski definition) is 7. The second kappa shape index (κ2) is 12.0. The molecule has 248 valence electrons. The molecule has 0 radical (unpaired) electrons. The Balaban J connectivity index is 1.12. The van der Waals surface area contributed by atoms with E-state index in [1.165, 1.54) is 42.9 Å². The zero-order chi connectivity index (χ0) is 32.3. The molecule has 0 spiro atoms. The summed E-state index contributed by atoms with van der Waals surface area (Å²) < 4.78 is 14.4. The number of carbonyl (C=O) groups excluding carboxylic acids is 1. The Morgan fingerprint density at radius 2 is 1.57 bits per heavy atom. The topological polar surface area (TPSA) is 76.0 Å². The number of piperidine rings is 1. The molecule has 2 aromatic heterocycles. The van der Waals surface area contributed by atoms with Gasteiger partial charge in [-0.25, -0.2) is 4.79 Å². The molecule has 4 aromatic rings. The van der Waals surface area contributed by atoms with Gasteiger partial charge in [-0.2, -0.15) is 9.97 Å². The average Bonchev–Trinajstić information content (AvgIpc) is 3.60. The molecule has 9 heteroatoms. The van der Waals surface area contributed by atoms with Crippen LogP contribution in [0, 0.1) is 0 Å². The number of aryl methyl sites for hydroxylation is 1. The molecular formula is C38H48N6O3. The molecule has 8 rings (SSSR count). The van der Waals surface area contributed by atoms with Crippen LogP contribution in [0.3, 0.4) is 0 Å². The maximum absolute atomic E-state index is 13.2. The van der Waals surface area contributed by atoms with Gasteiger partial charge >= 0.3 is 12.1 Å². The highest BCUT2D eigenvalue weighted by molar-refractivity contribution is 6.06. The predicted octanol–water partition coefficient (Wildman–Crippen LogP) is 7.16. The summed E-state index contributed by atoms with van der Waals surface area (Å²) in [4.78, 5) is 30.6. The van der Waals surface area contributed by atoms with E-state index < -0.39 is 5.60 Å². The Morgan fingerprint density at radius 3 is 2.32 bits per heavy atom. The van der Waals surface area contributed by atoms with Gasteiger partial charge in [-0.05, 0) is 82.1 Å². The van der Waals surface area contributed by atoms with Crippen molar-refractivity contribution in [2.45, 2.75) is 102 Å². The van der Waals surface area contributed by atoms with Crippen molar-refractivity contribution in [2.24, 2.45) is 7.05 Å². The van der Waals surface area contributed by atoms with Crippen molar-refractivity contribution >= 4 is 33.7 Å². The van der Waals surface area contributed by atoms with E-state index in [0.717, 1.165) is 65.9 Å². The Labute approximate surface area is 277 Å². The van der Waals surface area contributed by atoms with Crippen molar-refractivity contribution in [3.05, 3.63) is 48.7 Å². The number of rotatable bonds is 7. The highest BCUT2D eigenvalue weighted by Crippen LogP contribution is 2.41. The van der Waals surface area contributed by atoms with Gasteiger partial charge in [-0.3, -0.25) is 9.80 Å². The highest BCUT2D eigenvalue weighted by atomic mass is 16.6. The third kappa shape index (κ3) is 5.70. The lowest BCUT2D eigenvalue weighted by atomic mass is 9.99. The molecule has 1 amide bonds. The molecule has 0 aliphatic carbocycles. The van der Waals surface area contributed by atoms with E-state index in [-0.39, 0.29) is 18.2 Å². The fourth-order valence-corrected chi connectivity index (χ4v) is 8.89. The highest BCUT2D eigenvalue weighted by Gasteiger charge is 2.45. The molecule has 4 fully saturated rings. The van der Waals surface area contributed by atoms with Crippen molar-refractivity contribution in [2.75, 3.05) is 31.1 Å². The van der Waals surface area contributed by atoms with Gasteiger partial charge in [0.15, 0.2) is 5.82 Å². The smallest absolute Gasteiger partial charge is 0.410 e. The van der Waals surface area contributed by atoms with Gasteiger partial charge < -0.3 is 18.9 Å². The van der Waals surface area contributed by atoms with Crippen molar-refractivity contribution < 1.29 is 14.3 Å². The van der Waals surface area contributed by atoms with Gasteiger partial charge in [0.1, 0.15) is 16.6 Å². The van der Waals surface area contributed by atoms with Crippen LogP contribution < -0.4 is 9.64 Å². The summed E-state index contributed by atoms with van der Waals surface area (Å²) in [5.41, 5.74) is 3.61. The van der Waals surface area contributed by atoms with Crippen LogP contribution in [-0.4, -0.2) is 86.4 Å². The number of ether oxygens (including phenoxy) is 2. The second-order valence-corrected chi connectivity index (χ2v) is 15.1. The van der Waals surface area contributed by atoms with Crippen molar-refractivity contribution in [1.29, 1.82) is 0 Å². The molecule has 6 heterocycles. The van der Waals surface area contributed by atoms with Gasteiger partial charge in [-0.15, -0.1) is 0 Å². The minimum Gasteiger partial charge on any atom is -0.463 e. The molecule has 4 atom stereocenters. The number of carbonyl (C=O) groups is 1. The maximum atomic E-state index is 13.2. The summed E-state index contributed by atoms with van der Waals surface area (Å²) in [5.74, 6) is 0.883. The number of nitrogens with zero attached hydrogens (tertiary/aromatic N) is 6. The van der Waals surface area contributed by atoms with Crippen LogP contribution in [0.25, 0.3) is 32.9 Å². The summed E-state index contributed by atoms with van der Waals surface area (Å²) in [6.07, 6.45) is 11.6. The molecule has 47 heavy (non-hydrogen) atoms. The van der Waals surface area contributed by atoms with Crippen LogP contribution in [0.15, 0.2) is 48.7 Å². The van der Waals surface area contributed by atoms with Gasteiger partial charge in [0.2, 0.25) is 0 Å². The fraction of sp³-hybridized carbons (Fsp3) is 0.553. The van der Waals surface area contributed by atoms with Crippen molar-refractivity contribution in [1.82, 2.24) is 24.3 Å². The van der Waals surface area contributed by atoms with Gasteiger partial charge in [0.25, 0.3) is 0 Å². The number of anilines is 1. The van der Waals surface area contributed by atoms with Gasteiger partial charge in [0.05, 0.1) is 18.7 Å². The van der Waals surface area contributed by atoms with Crippen LogP contribution in [-0.2, 0) is 11.8 Å². The Hall–Kier alpha value is -3.85.